The van der Waals surface area contributed by atoms with Crippen molar-refractivity contribution < 1.29 is 0 Å². The van der Waals surface area contributed by atoms with Crippen LogP contribution in [-0.2, 0) is 13.0 Å². The highest BCUT2D eigenvalue weighted by Gasteiger charge is 2.09. The van der Waals surface area contributed by atoms with E-state index in [0.29, 0.717) is 12.4 Å². The number of nitrogen functional groups attached to an aromatic ring is 1. The summed E-state index contributed by atoms with van der Waals surface area (Å²) < 4.78 is 2.61. The Morgan fingerprint density at radius 1 is 1.53 bits per heavy atom. The molecule has 0 aliphatic heterocycles. The zero-order valence-electron chi connectivity index (χ0n) is 8.27. The second-order valence-electron chi connectivity index (χ2n) is 3.14. The fourth-order valence-corrected chi connectivity index (χ4v) is 2.49. The maximum absolute atomic E-state index is 5.85. The van der Waals surface area contributed by atoms with Crippen molar-refractivity contribution in [2.75, 3.05) is 5.73 Å². The van der Waals surface area contributed by atoms with E-state index in [9.17, 15) is 0 Å². The minimum absolute atomic E-state index is 0.514. The van der Waals surface area contributed by atoms with Crippen molar-refractivity contribution >= 4 is 28.8 Å². The SMILES string of the molecule is CCc1c(N)nnn1Cc1ccc(Cl)s1. The lowest BCUT2D eigenvalue weighted by Crippen LogP contribution is -2.05. The highest BCUT2D eigenvalue weighted by atomic mass is 35.5. The number of rotatable bonds is 3. The number of hydrogen-bond donors (Lipinski definition) is 1. The summed E-state index contributed by atoms with van der Waals surface area (Å²) in [5.74, 6) is 0.514. The van der Waals surface area contributed by atoms with E-state index in [0.717, 1.165) is 21.3 Å². The van der Waals surface area contributed by atoms with Gasteiger partial charge >= 0.3 is 0 Å². The highest BCUT2D eigenvalue weighted by Crippen LogP contribution is 2.22. The Morgan fingerprint density at radius 2 is 2.33 bits per heavy atom. The Bertz CT molecular complexity index is 462. The summed E-state index contributed by atoms with van der Waals surface area (Å²) in [6.07, 6.45) is 0.831. The van der Waals surface area contributed by atoms with Crippen LogP contribution in [-0.4, -0.2) is 15.0 Å². The molecule has 0 atom stereocenters. The van der Waals surface area contributed by atoms with Gasteiger partial charge in [0.15, 0.2) is 5.82 Å². The third-order valence-corrected chi connectivity index (χ3v) is 3.35. The number of hydrogen-bond acceptors (Lipinski definition) is 4. The molecule has 0 aliphatic rings. The van der Waals surface area contributed by atoms with Crippen molar-refractivity contribution in [3.8, 4) is 0 Å². The fourth-order valence-electron chi connectivity index (χ4n) is 1.42. The lowest BCUT2D eigenvalue weighted by atomic mass is 10.3. The van der Waals surface area contributed by atoms with E-state index in [-0.39, 0.29) is 0 Å². The van der Waals surface area contributed by atoms with Gasteiger partial charge in [0.2, 0.25) is 0 Å². The van der Waals surface area contributed by atoms with Gasteiger partial charge in [0.25, 0.3) is 0 Å². The van der Waals surface area contributed by atoms with Gasteiger partial charge in [-0.05, 0) is 18.6 Å². The Kier molecular flexibility index (Phi) is 2.93. The molecule has 0 spiro atoms. The van der Waals surface area contributed by atoms with Crippen molar-refractivity contribution in [1.29, 1.82) is 0 Å². The smallest absolute Gasteiger partial charge is 0.169 e. The molecule has 2 aromatic heterocycles. The molecule has 0 unspecified atom stereocenters. The second-order valence-corrected chi connectivity index (χ2v) is 4.94. The van der Waals surface area contributed by atoms with Crippen LogP contribution in [0.4, 0.5) is 5.82 Å². The van der Waals surface area contributed by atoms with Gasteiger partial charge in [0, 0.05) is 4.88 Å². The molecule has 0 aromatic carbocycles. The molecule has 0 fully saturated rings. The third kappa shape index (κ3) is 2.13. The summed E-state index contributed by atoms with van der Waals surface area (Å²) in [6, 6.07) is 3.87. The van der Waals surface area contributed by atoms with Gasteiger partial charge in [-0.3, -0.25) is 0 Å². The number of thiophene rings is 1. The molecule has 2 aromatic rings. The fraction of sp³-hybridized carbons (Fsp3) is 0.333. The Morgan fingerprint density at radius 3 is 2.93 bits per heavy atom. The van der Waals surface area contributed by atoms with E-state index in [1.807, 2.05) is 23.7 Å². The number of halogens is 1. The van der Waals surface area contributed by atoms with Gasteiger partial charge in [-0.2, -0.15) is 0 Å². The second kappa shape index (κ2) is 4.20. The summed E-state index contributed by atoms with van der Waals surface area (Å²) in [5, 5.41) is 7.85. The van der Waals surface area contributed by atoms with E-state index in [1.165, 1.54) is 0 Å². The zero-order chi connectivity index (χ0) is 10.8. The zero-order valence-corrected chi connectivity index (χ0v) is 9.85. The van der Waals surface area contributed by atoms with Crippen LogP contribution in [0, 0.1) is 0 Å². The van der Waals surface area contributed by atoms with Crippen molar-refractivity contribution in [3.05, 3.63) is 27.0 Å². The normalized spacial score (nSPS) is 10.8. The number of nitrogens with zero attached hydrogens (tertiary/aromatic N) is 3. The van der Waals surface area contributed by atoms with E-state index in [4.69, 9.17) is 17.3 Å². The minimum atomic E-state index is 0.514. The topological polar surface area (TPSA) is 56.7 Å². The summed E-state index contributed by atoms with van der Waals surface area (Å²) in [4.78, 5) is 1.15. The standard InChI is InChI=1S/C9H11ClN4S/c1-2-7-9(11)12-13-14(7)5-6-3-4-8(10)15-6/h3-4H,2,5,11H2,1H3. The van der Waals surface area contributed by atoms with E-state index in [2.05, 4.69) is 10.3 Å². The van der Waals surface area contributed by atoms with Gasteiger partial charge < -0.3 is 5.73 Å². The average molecular weight is 243 g/mol. The maximum atomic E-state index is 5.85. The molecule has 6 heteroatoms. The monoisotopic (exact) mass is 242 g/mol. The molecule has 80 valence electrons. The molecule has 2 heterocycles. The highest BCUT2D eigenvalue weighted by molar-refractivity contribution is 7.16. The molecule has 0 radical (unpaired) electrons. The van der Waals surface area contributed by atoms with E-state index < -0.39 is 0 Å². The molecule has 0 aliphatic carbocycles. The van der Waals surface area contributed by atoms with Crippen LogP contribution in [0.25, 0.3) is 0 Å². The molecule has 4 nitrogen and oxygen atoms in total. The molecule has 0 saturated carbocycles. The largest absolute Gasteiger partial charge is 0.381 e. The average Bonchev–Trinajstić information content (AvgIpc) is 2.75. The number of nitrogens with two attached hydrogens (primary N) is 1. The predicted octanol–water partition coefficient (Wildman–Crippen LogP) is 2.19. The Labute approximate surface area is 96.7 Å². The molecular weight excluding hydrogens is 232 g/mol. The summed E-state index contributed by atoms with van der Waals surface area (Å²) >= 11 is 7.40. The molecule has 2 rings (SSSR count). The Hall–Kier alpha value is -1.07. The van der Waals surface area contributed by atoms with Crippen molar-refractivity contribution in [1.82, 2.24) is 15.0 Å². The molecule has 15 heavy (non-hydrogen) atoms. The quantitative estimate of drug-likeness (QED) is 0.898. The van der Waals surface area contributed by atoms with Crippen molar-refractivity contribution in [2.45, 2.75) is 19.9 Å². The van der Waals surface area contributed by atoms with Gasteiger partial charge in [-0.1, -0.05) is 23.7 Å². The van der Waals surface area contributed by atoms with Gasteiger partial charge in [-0.25, -0.2) is 4.68 Å². The molecular formula is C9H11ClN4S. The predicted molar refractivity (Wildman–Crippen MR) is 62.2 cm³/mol. The van der Waals surface area contributed by atoms with Crippen LogP contribution in [0.3, 0.4) is 0 Å². The van der Waals surface area contributed by atoms with E-state index in [1.54, 1.807) is 11.3 Å². The first-order valence-electron chi connectivity index (χ1n) is 4.62. The number of anilines is 1. The maximum Gasteiger partial charge on any atom is 0.169 e. The van der Waals surface area contributed by atoms with Crippen LogP contribution in [0.2, 0.25) is 4.34 Å². The lowest BCUT2D eigenvalue weighted by Gasteiger charge is -2.02. The summed E-state index contributed by atoms with van der Waals surface area (Å²) in [7, 11) is 0. The van der Waals surface area contributed by atoms with Gasteiger partial charge in [0.05, 0.1) is 16.6 Å². The van der Waals surface area contributed by atoms with Crippen LogP contribution in [0.15, 0.2) is 12.1 Å². The van der Waals surface area contributed by atoms with Crippen molar-refractivity contribution in [2.24, 2.45) is 0 Å². The van der Waals surface area contributed by atoms with Gasteiger partial charge in [0.1, 0.15) is 0 Å². The van der Waals surface area contributed by atoms with E-state index >= 15 is 0 Å². The van der Waals surface area contributed by atoms with Crippen LogP contribution in [0.1, 0.15) is 17.5 Å². The molecule has 0 saturated heterocycles. The minimum Gasteiger partial charge on any atom is -0.381 e. The number of aromatic nitrogens is 3. The van der Waals surface area contributed by atoms with Crippen LogP contribution in [0.5, 0.6) is 0 Å². The summed E-state index contributed by atoms with van der Waals surface area (Å²) in [5.41, 5.74) is 6.67. The Balaban J connectivity index is 2.24. The van der Waals surface area contributed by atoms with Gasteiger partial charge in [-0.15, -0.1) is 16.4 Å². The van der Waals surface area contributed by atoms with Crippen LogP contribution < -0.4 is 5.73 Å². The third-order valence-electron chi connectivity index (χ3n) is 2.14. The first-order chi connectivity index (χ1) is 7.20. The molecule has 0 amide bonds. The first kappa shape index (κ1) is 10.4. The first-order valence-corrected chi connectivity index (χ1v) is 5.82. The molecule has 0 bridgehead atoms. The lowest BCUT2D eigenvalue weighted by molar-refractivity contribution is 0.627. The summed E-state index contributed by atoms with van der Waals surface area (Å²) in [6.45, 7) is 2.72. The molecule has 2 N–H and O–H groups in total. The van der Waals surface area contributed by atoms with Crippen LogP contribution >= 0.6 is 22.9 Å². The van der Waals surface area contributed by atoms with Crippen molar-refractivity contribution in [3.63, 3.8) is 0 Å².